The van der Waals surface area contributed by atoms with Gasteiger partial charge < -0.3 is 11.1 Å². The molecule has 34 heavy (non-hydrogen) atoms. The molecule has 0 radical (unpaired) electrons. The highest BCUT2D eigenvalue weighted by Gasteiger charge is 2.19. The lowest BCUT2D eigenvalue weighted by atomic mass is 10.1. The van der Waals surface area contributed by atoms with Crippen LogP contribution in [0, 0.1) is 0 Å². The summed E-state index contributed by atoms with van der Waals surface area (Å²) >= 11 is 1.38. The molecular formula is C26H21N5O2S. The van der Waals surface area contributed by atoms with Crippen molar-refractivity contribution >= 4 is 34.4 Å². The van der Waals surface area contributed by atoms with Crippen LogP contribution in [0.5, 0.6) is 0 Å². The van der Waals surface area contributed by atoms with Crippen molar-refractivity contribution in [2.75, 3.05) is 5.32 Å². The number of aromatic nitrogens is 3. The summed E-state index contributed by atoms with van der Waals surface area (Å²) in [7, 11) is 0. The number of nitrogens with two attached hydrogens (primary N) is 1. The molecule has 5 rings (SSSR count). The van der Waals surface area contributed by atoms with Gasteiger partial charge in [0, 0.05) is 17.4 Å². The van der Waals surface area contributed by atoms with Gasteiger partial charge in [0.25, 0.3) is 0 Å². The van der Waals surface area contributed by atoms with Gasteiger partial charge in [-0.1, -0.05) is 48.5 Å². The molecule has 0 aliphatic carbocycles. The molecular weight excluding hydrogens is 446 g/mol. The van der Waals surface area contributed by atoms with Crippen LogP contribution >= 0.6 is 11.3 Å². The number of amides is 1. The summed E-state index contributed by atoms with van der Waals surface area (Å²) in [5.41, 5.74) is 10.3. The summed E-state index contributed by atoms with van der Waals surface area (Å²) in [6.45, 7) is 0. The number of anilines is 1. The molecule has 0 aliphatic rings. The van der Waals surface area contributed by atoms with Gasteiger partial charge in [0.2, 0.25) is 11.7 Å². The van der Waals surface area contributed by atoms with E-state index in [4.69, 9.17) is 5.73 Å². The maximum atomic E-state index is 12.9. The van der Waals surface area contributed by atoms with Gasteiger partial charge in [-0.15, -0.1) is 11.3 Å². The first-order valence-electron chi connectivity index (χ1n) is 10.7. The van der Waals surface area contributed by atoms with E-state index in [-0.39, 0.29) is 11.7 Å². The number of nitrogens with zero attached hydrogens (tertiary/aromatic N) is 3. The summed E-state index contributed by atoms with van der Waals surface area (Å²) < 4.78 is 1.64. The van der Waals surface area contributed by atoms with Crippen molar-refractivity contribution in [2.45, 2.75) is 12.5 Å². The summed E-state index contributed by atoms with van der Waals surface area (Å²) in [6, 6.07) is 21.9. The number of hydrogen-bond donors (Lipinski definition) is 2. The number of rotatable bonds is 7. The average molecular weight is 468 g/mol. The molecule has 5 aromatic rings. The topological polar surface area (TPSA) is 102 Å². The molecule has 168 valence electrons. The molecule has 3 N–H and O–H groups in total. The summed E-state index contributed by atoms with van der Waals surface area (Å²) in [5, 5.41) is 9.19. The second kappa shape index (κ2) is 9.38. The summed E-state index contributed by atoms with van der Waals surface area (Å²) in [6.07, 6.45) is 3.65. The van der Waals surface area contributed by atoms with Crippen molar-refractivity contribution in [1.82, 2.24) is 14.6 Å². The summed E-state index contributed by atoms with van der Waals surface area (Å²) in [5.74, 6) is -0.369. The maximum absolute atomic E-state index is 12.9. The van der Waals surface area contributed by atoms with Crippen LogP contribution in [-0.4, -0.2) is 32.3 Å². The number of hydrogen-bond acceptors (Lipinski definition) is 6. The van der Waals surface area contributed by atoms with E-state index in [1.807, 2.05) is 72.1 Å². The van der Waals surface area contributed by atoms with E-state index >= 15 is 0 Å². The van der Waals surface area contributed by atoms with Gasteiger partial charge in [-0.2, -0.15) is 5.10 Å². The fraction of sp³-hybridized carbons (Fsp3) is 0.0769. The fourth-order valence-corrected chi connectivity index (χ4v) is 4.44. The molecule has 2 aromatic carbocycles. The molecule has 8 heteroatoms. The van der Waals surface area contributed by atoms with Gasteiger partial charge >= 0.3 is 0 Å². The standard InChI is InChI=1S/C26H21N5O2S/c27-21(14-17-6-2-1-3-7-17)26(33)30-19-9-4-8-18(15-19)22-11-12-28-25-20(16-29-31(22)25)24(32)23-10-5-13-34-23/h1-13,15-16,21H,14,27H2,(H,30,33)/t21-/m0/s1. The van der Waals surface area contributed by atoms with Crippen molar-refractivity contribution in [3.63, 3.8) is 0 Å². The second-order valence-corrected chi connectivity index (χ2v) is 8.74. The third-order valence-corrected chi connectivity index (χ3v) is 6.32. The average Bonchev–Trinajstić information content (AvgIpc) is 3.55. The van der Waals surface area contributed by atoms with Gasteiger partial charge in [-0.25, -0.2) is 9.50 Å². The van der Waals surface area contributed by atoms with E-state index in [1.54, 1.807) is 23.0 Å². The van der Waals surface area contributed by atoms with E-state index in [1.165, 1.54) is 11.3 Å². The number of thiophene rings is 1. The van der Waals surface area contributed by atoms with Crippen molar-refractivity contribution in [3.8, 4) is 11.3 Å². The molecule has 1 amide bonds. The van der Waals surface area contributed by atoms with Gasteiger partial charge in [0.15, 0.2) is 5.65 Å². The van der Waals surface area contributed by atoms with Crippen molar-refractivity contribution < 1.29 is 9.59 Å². The van der Waals surface area contributed by atoms with E-state index in [0.29, 0.717) is 28.2 Å². The number of carbonyl (C=O) groups excluding carboxylic acids is 2. The van der Waals surface area contributed by atoms with Gasteiger partial charge in [0.05, 0.1) is 28.4 Å². The Kier molecular flexibility index (Phi) is 5.99. The molecule has 1 atom stereocenters. The first kappa shape index (κ1) is 21.7. The van der Waals surface area contributed by atoms with Crippen molar-refractivity contribution in [3.05, 3.63) is 107 Å². The predicted molar refractivity (Wildman–Crippen MR) is 133 cm³/mol. The van der Waals surface area contributed by atoms with Crippen LogP contribution in [0.2, 0.25) is 0 Å². The normalized spacial score (nSPS) is 11.9. The van der Waals surface area contributed by atoms with E-state index < -0.39 is 6.04 Å². The zero-order valence-corrected chi connectivity index (χ0v) is 18.9. The number of carbonyl (C=O) groups is 2. The zero-order chi connectivity index (χ0) is 23.5. The number of benzene rings is 2. The van der Waals surface area contributed by atoms with Crippen LogP contribution in [0.15, 0.2) is 90.6 Å². The Bertz CT molecular complexity index is 1460. The highest BCUT2D eigenvalue weighted by Crippen LogP contribution is 2.25. The number of ketones is 1. The largest absolute Gasteiger partial charge is 0.325 e. The molecule has 0 aliphatic heterocycles. The third kappa shape index (κ3) is 4.36. The fourth-order valence-electron chi connectivity index (χ4n) is 3.76. The van der Waals surface area contributed by atoms with Crippen LogP contribution in [-0.2, 0) is 11.2 Å². The monoisotopic (exact) mass is 467 g/mol. The molecule has 0 spiro atoms. The number of fused-ring (bicyclic) bond motifs is 1. The Morgan fingerprint density at radius 2 is 1.88 bits per heavy atom. The van der Waals surface area contributed by atoms with Crippen LogP contribution in [0.3, 0.4) is 0 Å². The minimum absolute atomic E-state index is 0.108. The molecule has 0 saturated heterocycles. The lowest BCUT2D eigenvalue weighted by Gasteiger charge is -2.13. The summed E-state index contributed by atoms with van der Waals surface area (Å²) in [4.78, 5) is 30.6. The minimum Gasteiger partial charge on any atom is -0.325 e. The zero-order valence-electron chi connectivity index (χ0n) is 18.1. The van der Waals surface area contributed by atoms with Gasteiger partial charge in [-0.3, -0.25) is 9.59 Å². The van der Waals surface area contributed by atoms with Crippen LogP contribution in [0.1, 0.15) is 20.8 Å². The van der Waals surface area contributed by atoms with Crippen LogP contribution in [0.4, 0.5) is 5.69 Å². The highest BCUT2D eigenvalue weighted by atomic mass is 32.1. The third-order valence-electron chi connectivity index (χ3n) is 5.45. The first-order valence-corrected chi connectivity index (χ1v) is 11.6. The van der Waals surface area contributed by atoms with E-state index in [9.17, 15) is 9.59 Å². The Morgan fingerprint density at radius 1 is 1.03 bits per heavy atom. The molecule has 0 bridgehead atoms. The van der Waals surface area contributed by atoms with Crippen molar-refractivity contribution in [1.29, 1.82) is 0 Å². The molecule has 0 saturated carbocycles. The van der Waals surface area contributed by atoms with Gasteiger partial charge in [-0.05, 0) is 41.6 Å². The first-order chi connectivity index (χ1) is 16.6. The van der Waals surface area contributed by atoms with Crippen molar-refractivity contribution in [2.24, 2.45) is 5.73 Å². The smallest absolute Gasteiger partial charge is 0.241 e. The maximum Gasteiger partial charge on any atom is 0.241 e. The van der Waals surface area contributed by atoms with E-state index in [2.05, 4.69) is 15.4 Å². The van der Waals surface area contributed by atoms with Crippen LogP contribution in [0.25, 0.3) is 16.9 Å². The highest BCUT2D eigenvalue weighted by molar-refractivity contribution is 7.12. The predicted octanol–water partition coefficient (Wildman–Crippen LogP) is 4.20. The minimum atomic E-state index is -0.671. The Morgan fingerprint density at radius 3 is 2.68 bits per heavy atom. The second-order valence-electron chi connectivity index (χ2n) is 7.80. The SMILES string of the molecule is N[C@@H](Cc1ccccc1)C(=O)Nc1cccc(-c2ccnc3c(C(=O)c4cccs4)cnn23)c1. The lowest BCUT2D eigenvalue weighted by Crippen LogP contribution is -2.37. The number of nitrogens with one attached hydrogen (secondary N) is 1. The quantitative estimate of drug-likeness (QED) is 0.349. The van der Waals surface area contributed by atoms with Crippen LogP contribution < -0.4 is 11.1 Å². The van der Waals surface area contributed by atoms with E-state index in [0.717, 1.165) is 16.8 Å². The lowest BCUT2D eigenvalue weighted by molar-refractivity contribution is -0.117. The molecule has 7 nitrogen and oxygen atoms in total. The molecule has 3 aromatic heterocycles. The molecule has 0 fully saturated rings. The Balaban J connectivity index is 1.39. The molecule has 0 unspecified atom stereocenters. The van der Waals surface area contributed by atoms with Gasteiger partial charge in [0.1, 0.15) is 0 Å². The Labute approximate surface area is 199 Å². The Hall–Kier alpha value is -4.14. The molecule has 3 heterocycles.